The van der Waals surface area contributed by atoms with Crippen LogP contribution in [0.5, 0.6) is 0 Å². The first-order valence-electron chi connectivity index (χ1n) is 3.44. The Morgan fingerprint density at radius 3 is 2.20 bits per heavy atom. The zero-order valence-electron chi connectivity index (χ0n) is 6.75. The largest absolute Gasteiger partial charge is 0.433 e. The summed E-state index contributed by atoms with van der Waals surface area (Å²) in [6.07, 6.45) is -8.49. The highest BCUT2D eigenvalue weighted by Gasteiger charge is 2.39. The van der Waals surface area contributed by atoms with E-state index in [2.05, 4.69) is 4.98 Å². The number of alkyl halides is 5. The summed E-state index contributed by atoms with van der Waals surface area (Å²) < 4.78 is 73.5. The minimum Gasteiger partial charge on any atom is -0.248 e. The van der Waals surface area contributed by atoms with Crippen molar-refractivity contribution in [2.45, 2.75) is 12.6 Å². The van der Waals surface area contributed by atoms with Gasteiger partial charge in [0.1, 0.15) is 0 Å². The Hall–Kier alpha value is -0.980. The molecule has 1 rings (SSSR count). The molecule has 0 spiro atoms. The quantitative estimate of drug-likeness (QED) is 0.689. The van der Waals surface area contributed by atoms with E-state index in [0.29, 0.717) is 0 Å². The highest BCUT2D eigenvalue weighted by molar-refractivity contribution is 6.31. The van der Waals surface area contributed by atoms with Gasteiger partial charge in [0.2, 0.25) is 0 Å². The van der Waals surface area contributed by atoms with Crippen LogP contribution in [-0.2, 0) is 6.18 Å². The van der Waals surface area contributed by atoms with Gasteiger partial charge in [0, 0.05) is 0 Å². The fourth-order valence-corrected chi connectivity index (χ4v) is 1.13. The van der Waals surface area contributed by atoms with E-state index in [9.17, 15) is 26.3 Å². The zero-order valence-corrected chi connectivity index (χ0v) is 7.50. The summed E-state index contributed by atoms with van der Waals surface area (Å²) in [4.78, 5) is 2.57. The van der Waals surface area contributed by atoms with Crippen molar-refractivity contribution in [1.29, 1.82) is 0 Å². The molecule has 0 radical (unpaired) electrons. The zero-order chi connectivity index (χ0) is 11.8. The molecule has 0 amide bonds. The molecule has 0 aliphatic carbocycles. The van der Waals surface area contributed by atoms with Gasteiger partial charge in [-0.2, -0.15) is 13.2 Å². The van der Waals surface area contributed by atoms with Gasteiger partial charge in [0.05, 0.1) is 16.8 Å². The van der Waals surface area contributed by atoms with Crippen molar-refractivity contribution in [2.24, 2.45) is 0 Å². The van der Waals surface area contributed by atoms with E-state index in [1.54, 1.807) is 0 Å². The SMILES string of the molecule is Fc1cnc(C(F)(F)F)c(C(F)F)c1Cl. The van der Waals surface area contributed by atoms with Gasteiger partial charge < -0.3 is 0 Å². The van der Waals surface area contributed by atoms with Crippen LogP contribution >= 0.6 is 11.6 Å². The molecule has 1 nitrogen and oxygen atoms in total. The third-order valence-corrected chi connectivity index (χ3v) is 1.88. The molecular formula is C7H2ClF6N. The summed E-state index contributed by atoms with van der Waals surface area (Å²) in [5.74, 6) is -1.42. The van der Waals surface area contributed by atoms with E-state index in [1.807, 2.05) is 0 Å². The lowest BCUT2D eigenvalue weighted by Gasteiger charge is -2.12. The lowest BCUT2D eigenvalue weighted by molar-refractivity contribution is -0.143. The Morgan fingerprint density at radius 2 is 1.80 bits per heavy atom. The van der Waals surface area contributed by atoms with E-state index in [4.69, 9.17) is 11.6 Å². The van der Waals surface area contributed by atoms with Crippen molar-refractivity contribution in [2.75, 3.05) is 0 Å². The van der Waals surface area contributed by atoms with Crippen LogP contribution in [-0.4, -0.2) is 4.98 Å². The van der Waals surface area contributed by atoms with Crippen LogP contribution in [0.1, 0.15) is 17.7 Å². The van der Waals surface area contributed by atoms with Gasteiger partial charge in [-0.25, -0.2) is 18.2 Å². The minimum absolute atomic E-state index is 0.150. The minimum atomic E-state index is -5.09. The van der Waals surface area contributed by atoms with E-state index in [1.165, 1.54) is 0 Å². The molecule has 15 heavy (non-hydrogen) atoms. The van der Waals surface area contributed by atoms with Crippen LogP contribution in [0.4, 0.5) is 26.3 Å². The van der Waals surface area contributed by atoms with Gasteiger partial charge in [-0.05, 0) is 0 Å². The van der Waals surface area contributed by atoms with Crippen LogP contribution in [0, 0.1) is 5.82 Å². The predicted octanol–water partition coefficient (Wildman–Crippen LogP) is 3.83. The van der Waals surface area contributed by atoms with Crippen molar-refractivity contribution >= 4 is 11.6 Å². The second-order valence-corrected chi connectivity index (χ2v) is 2.86. The number of pyridine rings is 1. The first-order chi connectivity index (χ1) is 6.75. The Morgan fingerprint density at radius 1 is 1.27 bits per heavy atom. The molecule has 0 bridgehead atoms. The standard InChI is InChI=1S/C7H2ClF6N/c8-4-2(9)1-15-5(7(12,13)14)3(4)6(10)11/h1,6H. The topological polar surface area (TPSA) is 12.9 Å². The van der Waals surface area contributed by atoms with Crippen molar-refractivity contribution in [3.8, 4) is 0 Å². The van der Waals surface area contributed by atoms with Crippen molar-refractivity contribution < 1.29 is 26.3 Å². The maximum absolute atomic E-state index is 12.6. The first-order valence-corrected chi connectivity index (χ1v) is 3.82. The maximum atomic E-state index is 12.6. The van der Waals surface area contributed by atoms with Crippen LogP contribution < -0.4 is 0 Å². The van der Waals surface area contributed by atoms with Gasteiger partial charge in [-0.15, -0.1) is 0 Å². The third kappa shape index (κ3) is 2.34. The van der Waals surface area contributed by atoms with Crippen LogP contribution in [0.25, 0.3) is 0 Å². The Labute approximate surface area is 84.7 Å². The third-order valence-electron chi connectivity index (χ3n) is 1.49. The highest BCUT2D eigenvalue weighted by Crippen LogP contribution is 2.39. The number of hydrogen-bond donors (Lipinski definition) is 0. The average molecular weight is 250 g/mol. The van der Waals surface area contributed by atoms with Crippen molar-refractivity contribution in [1.82, 2.24) is 4.98 Å². The van der Waals surface area contributed by atoms with Gasteiger partial charge in [0.15, 0.2) is 11.5 Å². The molecule has 0 saturated heterocycles. The number of halogens is 7. The van der Waals surface area contributed by atoms with Crippen molar-refractivity contribution in [3.05, 3.63) is 28.3 Å². The van der Waals surface area contributed by atoms with Crippen LogP contribution in [0.2, 0.25) is 5.02 Å². The number of aromatic nitrogens is 1. The summed E-state index contributed by atoms with van der Waals surface area (Å²) in [7, 11) is 0. The molecule has 0 aliphatic heterocycles. The molecule has 0 aromatic carbocycles. The second-order valence-electron chi connectivity index (χ2n) is 2.48. The highest BCUT2D eigenvalue weighted by atomic mass is 35.5. The fourth-order valence-electron chi connectivity index (χ4n) is 0.905. The Balaban J connectivity index is 3.47. The number of hydrogen-bond acceptors (Lipinski definition) is 1. The van der Waals surface area contributed by atoms with Gasteiger partial charge in [0.25, 0.3) is 6.43 Å². The van der Waals surface area contributed by atoms with E-state index >= 15 is 0 Å². The molecule has 0 fully saturated rings. The number of rotatable bonds is 1. The molecule has 8 heteroatoms. The molecule has 1 aromatic rings. The Bertz CT molecular complexity index is 374. The van der Waals surface area contributed by atoms with Crippen LogP contribution in [0.15, 0.2) is 6.20 Å². The van der Waals surface area contributed by atoms with Crippen molar-refractivity contribution in [3.63, 3.8) is 0 Å². The molecule has 1 heterocycles. The summed E-state index contributed by atoms with van der Waals surface area (Å²) in [6, 6.07) is 0. The van der Waals surface area contributed by atoms with E-state index in [-0.39, 0.29) is 6.20 Å². The molecule has 0 atom stereocenters. The van der Waals surface area contributed by atoms with Gasteiger partial charge >= 0.3 is 6.18 Å². The molecule has 0 saturated carbocycles. The maximum Gasteiger partial charge on any atom is 0.433 e. The average Bonchev–Trinajstić information content (AvgIpc) is 2.06. The van der Waals surface area contributed by atoms with Crippen LogP contribution in [0.3, 0.4) is 0 Å². The molecular weight excluding hydrogens is 248 g/mol. The molecule has 84 valence electrons. The summed E-state index contributed by atoms with van der Waals surface area (Å²) in [6.45, 7) is 0. The monoisotopic (exact) mass is 249 g/mol. The number of nitrogens with zero attached hydrogens (tertiary/aromatic N) is 1. The van der Waals surface area contributed by atoms with E-state index in [0.717, 1.165) is 0 Å². The summed E-state index contributed by atoms with van der Waals surface area (Å²) >= 11 is 5.00. The second kappa shape index (κ2) is 3.88. The fraction of sp³-hybridized carbons (Fsp3) is 0.286. The molecule has 0 aliphatic rings. The molecule has 1 aromatic heterocycles. The van der Waals surface area contributed by atoms with Gasteiger partial charge in [-0.3, -0.25) is 0 Å². The van der Waals surface area contributed by atoms with Gasteiger partial charge in [-0.1, -0.05) is 11.6 Å². The molecule has 0 N–H and O–H groups in total. The summed E-state index contributed by atoms with van der Waals surface area (Å²) in [5.41, 5.74) is -3.51. The smallest absolute Gasteiger partial charge is 0.248 e. The predicted molar refractivity (Wildman–Crippen MR) is 39.2 cm³/mol. The summed E-state index contributed by atoms with van der Waals surface area (Å²) in [5, 5.41) is -1.26. The lowest BCUT2D eigenvalue weighted by atomic mass is 10.2. The normalized spacial score (nSPS) is 12.3. The lowest BCUT2D eigenvalue weighted by Crippen LogP contribution is -2.13. The molecule has 0 unspecified atom stereocenters. The first kappa shape index (κ1) is 12.1. The van der Waals surface area contributed by atoms with E-state index < -0.39 is 34.7 Å². The Kier molecular flexibility index (Phi) is 3.13.